The number of hydrogen-bond acceptors (Lipinski definition) is 4. The minimum Gasteiger partial charge on any atom is -0.396 e. The van der Waals surface area contributed by atoms with E-state index >= 15 is 0 Å². The smallest absolute Gasteiger partial charge is 0.180 e. The highest BCUT2D eigenvalue weighted by molar-refractivity contribution is 5.94. The molecule has 1 aliphatic rings. The fourth-order valence-corrected chi connectivity index (χ4v) is 2.29. The van der Waals surface area contributed by atoms with E-state index in [2.05, 4.69) is 9.88 Å². The Balaban J connectivity index is 2.00. The van der Waals surface area contributed by atoms with Gasteiger partial charge in [-0.3, -0.25) is 9.78 Å². The van der Waals surface area contributed by atoms with Gasteiger partial charge in [0.1, 0.15) is 5.69 Å². The second-order valence-electron chi connectivity index (χ2n) is 4.79. The first-order valence-corrected chi connectivity index (χ1v) is 6.59. The molecular formula is C14H20N2O2. The molecule has 4 nitrogen and oxygen atoms in total. The molecule has 4 heteroatoms. The van der Waals surface area contributed by atoms with Crippen molar-refractivity contribution in [2.24, 2.45) is 5.92 Å². The molecule has 18 heavy (non-hydrogen) atoms. The molecule has 1 aliphatic heterocycles. The Kier molecular flexibility index (Phi) is 4.31. The normalized spacial score (nSPS) is 16.9. The number of anilines is 1. The van der Waals surface area contributed by atoms with Gasteiger partial charge >= 0.3 is 0 Å². The quantitative estimate of drug-likeness (QED) is 0.827. The number of aliphatic hydroxyl groups is 1. The van der Waals surface area contributed by atoms with Gasteiger partial charge in [0.05, 0.1) is 11.9 Å². The lowest BCUT2D eigenvalue weighted by atomic mass is 9.97. The first-order chi connectivity index (χ1) is 8.74. The van der Waals surface area contributed by atoms with E-state index in [1.165, 1.54) is 0 Å². The molecule has 0 amide bonds. The van der Waals surface area contributed by atoms with Gasteiger partial charge in [0.25, 0.3) is 0 Å². The predicted molar refractivity (Wildman–Crippen MR) is 70.9 cm³/mol. The first kappa shape index (κ1) is 13.0. The van der Waals surface area contributed by atoms with Crippen molar-refractivity contribution in [2.75, 3.05) is 24.6 Å². The average Bonchev–Trinajstić information content (AvgIpc) is 2.47. The predicted octanol–water partition coefficient (Wildman–Crippen LogP) is 1.88. The molecule has 1 fully saturated rings. The zero-order valence-corrected chi connectivity index (χ0v) is 10.8. The zero-order valence-electron chi connectivity index (χ0n) is 10.8. The Labute approximate surface area is 108 Å². The van der Waals surface area contributed by atoms with Crippen LogP contribution in [0.5, 0.6) is 0 Å². The van der Waals surface area contributed by atoms with Gasteiger partial charge in [0.2, 0.25) is 0 Å². The van der Waals surface area contributed by atoms with E-state index in [1.807, 2.05) is 13.0 Å². The Morgan fingerprint density at radius 3 is 2.67 bits per heavy atom. The van der Waals surface area contributed by atoms with Gasteiger partial charge in [-0.1, -0.05) is 6.92 Å². The van der Waals surface area contributed by atoms with Gasteiger partial charge in [-0.15, -0.1) is 0 Å². The summed E-state index contributed by atoms with van der Waals surface area (Å²) in [5.74, 6) is 0.524. The van der Waals surface area contributed by atoms with Gasteiger partial charge in [0.15, 0.2) is 5.78 Å². The summed E-state index contributed by atoms with van der Waals surface area (Å²) in [6, 6.07) is 3.77. The third kappa shape index (κ3) is 2.88. The summed E-state index contributed by atoms with van der Waals surface area (Å²) in [6.07, 6.45) is 4.31. The third-order valence-corrected chi connectivity index (χ3v) is 3.59. The molecule has 0 unspecified atom stereocenters. The van der Waals surface area contributed by atoms with Crippen LogP contribution in [0.2, 0.25) is 0 Å². The Hall–Kier alpha value is -1.42. The van der Waals surface area contributed by atoms with Gasteiger partial charge < -0.3 is 10.0 Å². The van der Waals surface area contributed by atoms with Crippen molar-refractivity contribution in [3.8, 4) is 0 Å². The van der Waals surface area contributed by atoms with Gasteiger partial charge in [-0.25, -0.2) is 0 Å². The van der Waals surface area contributed by atoms with E-state index < -0.39 is 0 Å². The van der Waals surface area contributed by atoms with Gasteiger partial charge in [-0.05, 0) is 30.9 Å². The SMILES string of the molecule is CCC(=O)c1ccc(N2CCC(CO)CC2)cn1. The number of ketones is 1. The summed E-state index contributed by atoms with van der Waals surface area (Å²) in [7, 11) is 0. The highest BCUT2D eigenvalue weighted by atomic mass is 16.3. The topological polar surface area (TPSA) is 53.4 Å². The average molecular weight is 248 g/mol. The van der Waals surface area contributed by atoms with Crippen LogP contribution in [-0.2, 0) is 0 Å². The monoisotopic (exact) mass is 248 g/mol. The lowest BCUT2D eigenvalue weighted by molar-refractivity contribution is 0.0983. The van der Waals surface area contributed by atoms with E-state index in [0.29, 0.717) is 18.0 Å². The Morgan fingerprint density at radius 2 is 2.17 bits per heavy atom. The van der Waals surface area contributed by atoms with Gasteiger partial charge in [-0.2, -0.15) is 0 Å². The molecule has 0 aromatic carbocycles. The molecule has 1 N–H and O–H groups in total. The summed E-state index contributed by atoms with van der Waals surface area (Å²) in [4.78, 5) is 18.0. The number of carbonyl (C=O) groups excluding carboxylic acids is 1. The Bertz CT molecular complexity index is 395. The van der Waals surface area contributed by atoms with Crippen LogP contribution in [0.1, 0.15) is 36.7 Å². The van der Waals surface area contributed by atoms with Crippen LogP contribution in [0.25, 0.3) is 0 Å². The molecule has 2 rings (SSSR count). The molecule has 0 spiro atoms. The van der Waals surface area contributed by atoms with Crippen molar-refractivity contribution in [3.05, 3.63) is 24.0 Å². The maximum absolute atomic E-state index is 11.5. The fourth-order valence-electron chi connectivity index (χ4n) is 2.29. The number of piperidine rings is 1. The van der Waals surface area contributed by atoms with Crippen molar-refractivity contribution in [1.82, 2.24) is 4.98 Å². The van der Waals surface area contributed by atoms with E-state index in [9.17, 15) is 4.79 Å². The molecule has 98 valence electrons. The van der Waals surface area contributed by atoms with E-state index in [-0.39, 0.29) is 12.4 Å². The summed E-state index contributed by atoms with van der Waals surface area (Å²) < 4.78 is 0. The molecule has 0 bridgehead atoms. The van der Waals surface area contributed by atoms with Gasteiger partial charge in [0, 0.05) is 26.1 Å². The van der Waals surface area contributed by atoms with E-state index in [1.54, 1.807) is 12.3 Å². The maximum atomic E-state index is 11.5. The number of nitrogens with zero attached hydrogens (tertiary/aromatic N) is 2. The Morgan fingerprint density at radius 1 is 1.44 bits per heavy atom. The fraction of sp³-hybridized carbons (Fsp3) is 0.571. The van der Waals surface area contributed by atoms with Crippen LogP contribution in [0.15, 0.2) is 18.3 Å². The zero-order chi connectivity index (χ0) is 13.0. The summed E-state index contributed by atoms with van der Waals surface area (Å²) in [5, 5.41) is 9.10. The van der Waals surface area contributed by atoms with E-state index in [4.69, 9.17) is 5.11 Å². The molecular weight excluding hydrogens is 228 g/mol. The maximum Gasteiger partial charge on any atom is 0.180 e. The van der Waals surface area contributed by atoms with E-state index in [0.717, 1.165) is 31.6 Å². The molecule has 1 aromatic heterocycles. The molecule has 1 saturated heterocycles. The summed E-state index contributed by atoms with van der Waals surface area (Å²) in [5.41, 5.74) is 1.62. The number of hydrogen-bond donors (Lipinski definition) is 1. The minimum absolute atomic E-state index is 0.0838. The van der Waals surface area contributed by atoms with Crippen molar-refractivity contribution >= 4 is 11.5 Å². The number of aromatic nitrogens is 1. The molecule has 0 saturated carbocycles. The summed E-state index contributed by atoms with van der Waals surface area (Å²) >= 11 is 0. The molecule has 0 radical (unpaired) electrons. The van der Waals surface area contributed by atoms with Crippen LogP contribution in [0, 0.1) is 5.92 Å². The molecule has 1 aromatic rings. The molecule has 2 heterocycles. The minimum atomic E-state index is 0.0838. The second-order valence-corrected chi connectivity index (χ2v) is 4.79. The molecule has 0 aliphatic carbocycles. The van der Waals surface area contributed by atoms with Crippen molar-refractivity contribution in [3.63, 3.8) is 0 Å². The largest absolute Gasteiger partial charge is 0.396 e. The van der Waals surface area contributed by atoms with Crippen LogP contribution >= 0.6 is 0 Å². The standard InChI is InChI=1S/C14H20N2O2/c1-2-14(18)13-4-3-12(9-15-13)16-7-5-11(10-17)6-8-16/h3-4,9,11,17H,2,5-8,10H2,1H3. The lowest BCUT2D eigenvalue weighted by Crippen LogP contribution is -2.34. The van der Waals surface area contributed by atoms with Crippen LogP contribution < -0.4 is 4.90 Å². The first-order valence-electron chi connectivity index (χ1n) is 6.59. The third-order valence-electron chi connectivity index (χ3n) is 3.59. The van der Waals surface area contributed by atoms with Crippen molar-refractivity contribution in [2.45, 2.75) is 26.2 Å². The lowest BCUT2D eigenvalue weighted by Gasteiger charge is -2.32. The number of aliphatic hydroxyl groups excluding tert-OH is 1. The highest BCUT2D eigenvalue weighted by Gasteiger charge is 2.19. The number of rotatable bonds is 4. The number of carbonyl (C=O) groups is 1. The van der Waals surface area contributed by atoms with Crippen LogP contribution in [-0.4, -0.2) is 35.6 Å². The van der Waals surface area contributed by atoms with Crippen LogP contribution in [0.4, 0.5) is 5.69 Å². The summed E-state index contributed by atoms with van der Waals surface area (Å²) in [6.45, 7) is 4.04. The highest BCUT2D eigenvalue weighted by Crippen LogP contribution is 2.22. The second kappa shape index (κ2) is 5.96. The number of Topliss-reactive ketones (excluding diaryl/α,β-unsaturated/α-hetero) is 1. The van der Waals surface area contributed by atoms with Crippen molar-refractivity contribution in [1.29, 1.82) is 0 Å². The number of pyridine rings is 1. The molecule has 0 atom stereocenters. The van der Waals surface area contributed by atoms with Crippen molar-refractivity contribution < 1.29 is 9.90 Å². The van der Waals surface area contributed by atoms with Crippen LogP contribution in [0.3, 0.4) is 0 Å².